The van der Waals surface area contributed by atoms with Crippen LogP contribution in [0.2, 0.25) is 0 Å². The van der Waals surface area contributed by atoms with Crippen molar-refractivity contribution in [3.05, 3.63) is 0 Å². The van der Waals surface area contributed by atoms with Gasteiger partial charge < -0.3 is 24.6 Å². The van der Waals surface area contributed by atoms with Gasteiger partial charge in [0.1, 0.15) is 16.8 Å². The first-order valence-electron chi connectivity index (χ1n) is 16.1. The van der Waals surface area contributed by atoms with Gasteiger partial charge in [-0.25, -0.2) is 0 Å². The number of carboxylic acid groups (broad SMARTS) is 1. The molecule has 1 fully saturated rings. The van der Waals surface area contributed by atoms with Gasteiger partial charge in [0.05, 0.1) is 32.1 Å². The Hall–Kier alpha value is -2.81. The zero-order chi connectivity index (χ0) is 35.3. The van der Waals surface area contributed by atoms with Crippen molar-refractivity contribution >= 4 is 29.8 Å². The van der Waals surface area contributed by atoms with Crippen LogP contribution in [-0.2, 0) is 38.2 Å². The summed E-state index contributed by atoms with van der Waals surface area (Å²) in [6.45, 7) is 21.5. The summed E-state index contributed by atoms with van der Waals surface area (Å²) >= 11 is 0. The molecule has 0 spiro atoms. The third-order valence-corrected chi connectivity index (χ3v) is 6.76. The number of aliphatic carboxylic acids is 1. The number of nitrogens with zero attached hydrogens (tertiary/aromatic N) is 4. The highest BCUT2D eigenvalue weighted by molar-refractivity contribution is 5.81. The molecule has 1 amide bonds. The van der Waals surface area contributed by atoms with Crippen molar-refractivity contribution in [3.8, 4) is 0 Å². The zero-order valence-corrected chi connectivity index (χ0v) is 29.8. The van der Waals surface area contributed by atoms with Crippen LogP contribution in [0.1, 0.15) is 75.7 Å². The molecule has 14 nitrogen and oxygen atoms in total. The molecular formula is C32H59N5O9. The summed E-state index contributed by atoms with van der Waals surface area (Å²) in [6, 6.07) is -0.604. The first-order valence-corrected chi connectivity index (χ1v) is 16.1. The number of hydrogen-bond acceptors (Lipinski definition) is 12. The molecule has 1 unspecified atom stereocenters. The summed E-state index contributed by atoms with van der Waals surface area (Å²) in [5.74, 6) is -2.45. The first kappa shape index (κ1) is 41.2. The lowest BCUT2D eigenvalue weighted by atomic mass is 10.2. The van der Waals surface area contributed by atoms with Gasteiger partial charge in [0.15, 0.2) is 0 Å². The van der Waals surface area contributed by atoms with E-state index in [-0.39, 0.29) is 56.4 Å². The average molecular weight is 658 g/mol. The maximum Gasteiger partial charge on any atom is 0.320 e. The molecule has 0 radical (unpaired) electrons. The summed E-state index contributed by atoms with van der Waals surface area (Å²) in [6.07, 6.45) is -0.189. The Morgan fingerprint density at radius 3 is 1.20 bits per heavy atom. The molecular weight excluding hydrogens is 598 g/mol. The molecule has 0 aromatic carbocycles. The maximum absolute atomic E-state index is 13.0. The minimum atomic E-state index is -1.00. The SMILES string of the molecule is CC(C(=O)NCCC(=O)O)N1CCN(CC(=O)OC(C)(C)C)CCN(CC(=O)OC(C)(C)C)CCN(CC(=O)OC(C)(C)C)CC1. The van der Waals surface area contributed by atoms with Crippen LogP contribution in [0.3, 0.4) is 0 Å². The fraction of sp³-hybridized carbons (Fsp3) is 0.844. The highest BCUT2D eigenvalue weighted by Crippen LogP contribution is 2.12. The summed E-state index contributed by atoms with van der Waals surface area (Å²) in [7, 11) is 0. The summed E-state index contributed by atoms with van der Waals surface area (Å²) in [5.41, 5.74) is -1.95. The molecule has 0 saturated carbocycles. The number of rotatable bonds is 11. The molecule has 266 valence electrons. The molecule has 1 saturated heterocycles. The van der Waals surface area contributed by atoms with E-state index in [1.165, 1.54) is 0 Å². The number of carbonyl (C=O) groups is 5. The molecule has 14 heteroatoms. The van der Waals surface area contributed by atoms with Crippen LogP contribution in [-0.4, -0.2) is 156 Å². The topological polar surface area (TPSA) is 158 Å². The Balaban J connectivity index is 3.28. The van der Waals surface area contributed by atoms with E-state index < -0.39 is 28.8 Å². The normalized spacial score (nSPS) is 18.0. The number of amides is 1. The molecule has 0 bridgehead atoms. The van der Waals surface area contributed by atoms with Crippen LogP contribution in [0.5, 0.6) is 0 Å². The van der Waals surface area contributed by atoms with Crippen molar-refractivity contribution in [3.63, 3.8) is 0 Å². The van der Waals surface area contributed by atoms with E-state index in [0.29, 0.717) is 52.4 Å². The third-order valence-electron chi connectivity index (χ3n) is 6.76. The van der Waals surface area contributed by atoms with Gasteiger partial charge in [-0.2, -0.15) is 0 Å². The Kier molecular flexibility index (Phi) is 16.6. The zero-order valence-electron chi connectivity index (χ0n) is 29.8. The van der Waals surface area contributed by atoms with Gasteiger partial charge in [-0.05, 0) is 69.2 Å². The summed E-state index contributed by atoms with van der Waals surface area (Å²) in [5, 5.41) is 11.7. The van der Waals surface area contributed by atoms with Crippen LogP contribution in [0, 0.1) is 0 Å². The van der Waals surface area contributed by atoms with Gasteiger partial charge in [0.2, 0.25) is 5.91 Å². The van der Waals surface area contributed by atoms with Gasteiger partial charge in [-0.1, -0.05) is 0 Å². The van der Waals surface area contributed by atoms with Crippen molar-refractivity contribution in [2.75, 3.05) is 78.5 Å². The second-order valence-corrected chi connectivity index (χ2v) is 14.7. The van der Waals surface area contributed by atoms with Crippen molar-refractivity contribution in [1.82, 2.24) is 24.9 Å². The van der Waals surface area contributed by atoms with E-state index in [4.69, 9.17) is 19.3 Å². The van der Waals surface area contributed by atoms with Crippen molar-refractivity contribution in [1.29, 1.82) is 0 Å². The predicted molar refractivity (Wildman–Crippen MR) is 173 cm³/mol. The summed E-state index contributed by atoms with van der Waals surface area (Å²) in [4.78, 5) is 70.2. The third kappa shape index (κ3) is 19.6. The second kappa shape index (κ2) is 18.5. The van der Waals surface area contributed by atoms with E-state index >= 15 is 0 Å². The van der Waals surface area contributed by atoms with E-state index in [1.807, 2.05) is 40.4 Å². The highest BCUT2D eigenvalue weighted by Gasteiger charge is 2.28. The molecule has 0 aromatic heterocycles. The quantitative estimate of drug-likeness (QED) is 0.242. The van der Waals surface area contributed by atoms with Gasteiger partial charge >= 0.3 is 23.9 Å². The molecule has 46 heavy (non-hydrogen) atoms. The van der Waals surface area contributed by atoms with E-state index in [2.05, 4.69) is 5.32 Å². The summed E-state index contributed by atoms with van der Waals surface area (Å²) < 4.78 is 16.7. The minimum absolute atomic E-state index is 0.00929. The molecule has 1 atom stereocenters. The Labute approximate surface area is 275 Å². The van der Waals surface area contributed by atoms with Crippen LogP contribution in [0.25, 0.3) is 0 Å². The Morgan fingerprint density at radius 2 is 0.913 bits per heavy atom. The predicted octanol–water partition coefficient (Wildman–Crippen LogP) is 1.21. The molecule has 0 aromatic rings. The van der Waals surface area contributed by atoms with E-state index in [9.17, 15) is 24.0 Å². The van der Waals surface area contributed by atoms with Crippen molar-refractivity contribution in [2.45, 2.75) is 98.5 Å². The maximum atomic E-state index is 13.0. The van der Waals surface area contributed by atoms with Crippen molar-refractivity contribution < 1.29 is 43.3 Å². The van der Waals surface area contributed by atoms with Gasteiger partial charge in [0, 0.05) is 58.9 Å². The lowest BCUT2D eigenvalue weighted by molar-refractivity contribution is -0.158. The van der Waals surface area contributed by atoms with Crippen LogP contribution in [0.15, 0.2) is 0 Å². The minimum Gasteiger partial charge on any atom is -0.481 e. The lowest BCUT2D eigenvalue weighted by Crippen LogP contribution is -2.53. The standard InChI is InChI=1S/C32H59N5O9/c1-24(29(43)33-12-11-25(38)39)37-19-17-35(22-27(41)45-31(5,6)7)15-13-34(21-26(40)44-30(2,3)4)14-16-36(18-20-37)23-28(42)46-32(8,9)10/h24H,11-23H2,1-10H3,(H,33,43)(H,38,39). The Morgan fingerprint density at radius 1 is 0.609 bits per heavy atom. The average Bonchev–Trinajstić information content (AvgIpc) is 2.84. The van der Waals surface area contributed by atoms with Crippen LogP contribution < -0.4 is 5.32 Å². The molecule has 0 aliphatic carbocycles. The number of nitrogens with one attached hydrogen (secondary N) is 1. The largest absolute Gasteiger partial charge is 0.481 e. The fourth-order valence-corrected chi connectivity index (χ4v) is 4.69. The fourth-order valence-electron chi connectivity index (χ4n) is 4.69. The van der Waals surface area contributed by atoms with Crippen LogP contribution >= 0.6 is 0 Å². The number of carboxylic acids is 1. The first-order chi connectivity index (χ1) is 21.0. The van der Waals surface area contributed by atoms with E-state index in [1.54, 1.807) is 48.5 Å². The number of esters is 3. The number of ether oxygens (including phenoxy) is 3. The van der Waals surface area contributed by atoms with Gasteiger partial charge in [-0.15, -0.1) is 0 Å². The highest BCUT2D eigenvalue weighted by atomic mass is 16.6. The van der Waals surface area contributed by atoms with Gasteiger partial charge in [0.25, 0.3) is 0 Å². The lowest BCUT2D eigenvalue weighted by Gasteiger charge is -2.36. The number of carbonyl (C=O) groups excluding carboxylic acids is 4. The monoisotopic (exact) mass is 657 g/mol. The smallest absolute Gasteiger partial charge is 0.320 e. The molecule has 1 heterocycles. The molecule has 1 rings (SSSR count). The molecule has 2 N–H and O–H groups in total. The van der Waals surface area contributed by atoms with E-state index in [0.717, 1.165) is 0 Å². The van der Waals surface area contributed by atoms with Crippen molar-refractivity contribution in [2.24, 2.45) is 0 Å². The molecule has 1 aliphatic rings. The van der Waals surface area contributed by atoms with Gasteiger partial charge in [-0.3, -0.25) is 43.6 Å². The molecule has 1 aliphatic heterocycles. The Bertz CT molecular complexity index is 971. The second-order valence-electron chi connectivity index (χ2n) is 14.7. The number of hydrogen-bond donors (Lipinski definition) is 2. The van der Waals surface area contributed by atoms with Crippen LogP contribution in [0.4, 0.5) is 0 Å².